The van der Waals surface area contributed by atoms with Gasteiger partial charge in [-0.3, -0.25) is 14.5 Å². The second-order valence-electron chi connectivity index (χ2n) is 13.6. The molecule has 0 rings (SSSR count). The van der Waals surface area contributed by atoms with E-state index >= 15 is 0 Å². The fourth-order valence-electron chi connectivity index (χ4n) is 6.49. The van der Waals surface area contributed by atoms with Crippen LogP contribution >= 0.6 is 0 Å². The van der Waals surface area contributed by atoms with Crippen molar-refractivity contribution >= 4 is 11.6 Å². The van der Waals surface area contributed by atoms with Crippen LogP contribution in [0, 0.1) is 0 Å². The van der Waals surface area contributed by atoms with E-state index in [4.69, 9.17) is 0 Å². The maximum absolute atomic E-state index is 13.4. The monoisotopic (exact) mass is 616 g/mol. The van der Waals surface area contributed by atoms with Crippen LogP contribution in [0.3, 0.4) is 0 Å². The molecule has 0 unspecified atom stereocenters. The first-order valence-corrected chi connectivity index (χ1v) is 19.5. The van der Waals surface area contributed by atoms with Gasteiger partial charge in [0.25, 0.3) is 0 Å². The largest absolute Gasteiger partial charge is 0.297 e. The molecule has 0 N–H and O–H groups in total. The zero-order chi connectivity index (χ0) is 32.6. The summed E-state index contributed by atoms with van der Waals surface area (Å²) in [5.74, 6) is 0.278. The van der Waals surface area contributed by atoms with E-state index < -0.39 is 5.54 Å². The number of Topliss-reactive ketones (excluding diaryl/α,β-unsaturated/α-hetero) is 2. The molecule has 0 fully saturated rings. The number of likely N-dealkylation sites (N-methyl/N-ethyl adjacent to an activating group) is 1. The number of hydrogen-bond acceptors (Lipinski definition) is 3. The lowest BCUT2D eigenvalue weighted by molar-refractivity contribution is -0.142. The van der Waals surface area contributed by atoms with E-state index in [1.807, 2.05) is 25.9 Å². The van der Waals surface area contributed by atoms with Gasteiger partial charge in [-0.2, -0.15) is 0 Å². The van der Waals surface area contributed by atoms with Crippen molar-refractivity contribution in [1.29, 1.82) is 0 Å². The summed E-state index contributed by atoms with van der Waals surface area (Å²) < 4.78 is 0. The zero-order valence-electron chi connectivity index (χ0n) is 30.6. The molecule has 0 heterocycles. The van der Waals surface area contributed by atoms with Crippen LogP contribution in [0.4, 0.5) is 0 Å². The quantitative estimate of drug-likeness (QED) is 0.0410. The second kappa shape index (κ2) is 31.7. The number of unbranched alkanes of at least 4 members (excludes halogenated alkanes) is 22. The van der Waals surface area contributed by atoms with Gasteiger partial charge in [0.1, 0.15) is 5.54 Å². The highest BCUT2D eigenvalue weighted by Gasteiger charge is 2.44. The average molecular weight is 616 g/mol. The minimum atomic E-state index is -0.929. The summed E-state index contributed by atoms with van der Waals surface area (Å²) in [7, 11) is 3.83. The van der Waals surface area contributed by atoms with Gasteiger partial charge in [0, 0.05) is 12.8 Å². The molecule has 0 aromatic carbocycles. The lowest BCUT2D eigenvalue weighted by atomic mass is 9.80. The molecule has 0 saturated heterocycles. The van der Waals surface area contributed by atoms with Gasteiger partial charge in [-0.25, -0.2) is 0 Å². The van der Waals surface area contributed by atoms with Gasteiger partial charge in [-0.05, 0) is 84.7 Å². The van der Waals surface area contributed by atoms with E-state index in [2.05, 4.69) is 38.2 Å². The smallest absolute Gasteiger partial charge is 0.160 e. The Hall–Kier alpha value is -1.22. The Kier molecular flexibility index (Phi) is 30.9. The maximum Gasteiger partial charge on any atom is 0.160 e. The summed E-state index contributed by atoms with van der Waals surface area (Å²) >= 11 is 0. The SMILES string of the molecule is CCCCCCCC/C=C\CCCCCCCC(=O)C(CC)(C(=O)CCCCCCC/C=C\CCCCCCCC)N(C)C. The number of ketones is 2. The molecule has 44 heavy (non-hydrogen) atoms. The van der Waals surface area contributed by atoms with E-state index in [1.165, 1.54) is 141 Å². The molecule has 0 aliphatic heterocycles. The number of carbonyl (C=O) groups is 2. The molecule has 0 spiro atoms. The molecule has 3 nitrogen and oxygen atoms in total. The third kappa shape index (κ3) is 22.3. The van der Waals surface area contributed by atoms with E-state index in [9.17, 15) is 9.59 Å². The van der Waals surface area contributed by atoms with Gasteiger partial charge in [-0.1, -0.05) is 148 Å². The lowest BCUT2D eigenvalue weighted by Crippen LogP contribution is -2.56. The first-order valence-electron chi connectivity index (χ1n) is 19.5. The second-order valence-corrected chi connectivity index (χ2v) is 13.6. The number of rotatable bonds is 34. The van der Waals surface area contributed by atoms with Gasteiger partial charge in [0.05, 0.1) is 0 Å². The molecule has 0 radical (unpaired) electrons. The highest BCUT2D eigenvalue weighted by atomic mass is 16.2. The summed E-state index contributed by atoms with van der Waals surface area (Å²) in [6.07, 6.45) is 43.6. The molecule has 0 aromatic heterocycles. The molecular formula is C41H77NO2. The van der Waals surface area contributed by atoms with Crippen LogP contribution in [0.2, 0.25) is 0 Å². The van der Waals surface area contributed by atoms with Crippen LogP contribution < -0.4 is 0 Å². The van der Waals surface area contributed by atoms with E-state index in [1.54, 1.807) is 0 Å². The predicted molar refractivity (Wildman–Crippen MR) is 196 cm³/mol. The topological polar surface area (TPSA) is 37.4 Å². The third-order valence-corrected chi connectivity index (χ3v) is 9.53. The third-order valence-electron chi connectivity index (χ3n) is 9.53. The Labute approximate surface area is 276 Å². The van der Waals surface area contributed by atoms with Gasteiger partial charge in [0.2, 0.25) is 0 Å². The van der Waals surface area contributed by atoms with Crippen molar-refractivity contribution in [3.8, 4) is 0 Å². The number of hydrogen-bond donors (Lipinski definition) is 0. The van der Waals surface area contributed by atoms with Gasteiger partial charge in [-0.15, -0.1) is 0 Å². The van der Waals surface area contributed by atoms with Crippen molar-refractivity contribution in [2.45, 2.75) is 213 Å². The minimum Gasteiger partial charge on any atom is -0.297 e. The number of carbonyl (C=O) groups excluding carboxylic acids is 2. The number of nitrogens with zero attached hydrogens (tertiary/aromatic N) is 1. The van der Waals surface area contributed by atoms with E-state index in [0.29, 0.717) is 19.3 Å². The standard InChI is InChI=1S/C41H77NO2/c1-6-9-11-13-15-17-19-21-23-25-27-29-31-33-35-37-39(43)41(8-3,42(4)5)40(44)38-36-34-32-30-28-26-24-22-20-18-16-14-12-10-7-2/h21-24H,6-20,25-38H2,1-5H3/b23-21-,24-22-. The van der Waals surface area contributed by atoms with Gasteiger partial charge in [0.15, 0.2) is 11.6 Å². The predicted octanol–water partition coefficient (Wildman–Crippen LogP) is 12.9. The average Bonchev–Trinajstić information content (AvgIpc) is 3.01. The van der Waals surface area contributed by atoms with Crippen LogP contribution in [-0.2, 0) is 9.59 Å². The molecule has 0 bridgehead atoms. The van der Waals surface area contributed by atoms with Gasteiger partial charge >= 0.3 is 0 Å². The van der Waals surface area contributed by atoms with Crippen molar-refractivity contribution in [3.05, 3.63) is 24.3 Å². The van der Waals surface area contributed by atoms with Gasteiger partial charge < -0.3 is 0 Å². The van der Waals surface area contributed by atoms with Crippen LogP contribution in [-0.4, -0.2) is 36.1 Å². The zero-order valence-corrected chi connectivity index (χ0v) is 30.6. The molecule has 0 aliphatic rings. The summed E-state index contributed by atoms with van der Waals surface area (Å²) in [6, 6.07) is 0. The molecule has 0 atom stereocenters. The van der Waals surface area contributed by atoms with E-state index in [-0.39, 0.29) is 11.6 Å². The van der Waals surface area contributed by atoms with Crippen LogP contribution in [0.15, 0.2) is 24.3 Å². The summed E-state index contributed by atoms with van der Waals surface area (Å²) in [5.41, 5.74) is -0.929. The molecular weight excluding hydrogens is 538 g/mol. The highest BCUT2D eigenvalue weighted by Crippen LogP contribution is 2.26. The molecule has 0 amide bonds. The minimum absolute atomic E-state index is 0.139. The normalized spacial score (nSPS) is 12.3. The van der Waals surface area contributed by atoms with Crippen molar-refractivity contribution < 1.29 is 9.59 Å². The van der Waals surface area contributed by atoms with Crippen LogP contribution in [0.25, 0.3) is 0 Å². The van der Waals surface area contributed by atoms with Crippen molar-refractivity contribution in [2.75, 3.05) is 14.1 Å². The summed E-state index contributed by atoms with van der Waals surface area (Å²) in [4.78, 5) is 28.7. The van der Waals surface area contributed by atoms with Crippen LogP contribution in [0.5, 0.6) is 0 Å². The summed E-state index contributed by atoms with van der Waals surface area (Å²) in [5, 5.41) is 0. The summed E-state index contributed by atoms with van der Waals surface area (Å²) in [6.45, 7) is 6.55. The first kappa shape index (κ1) is 42.8. The van der Waals surface area contributed by atoms with E-state index in [0.717, 1.165) is 25.7 Å². The Bertz CT molecular complexity index is 655. The maximum atomic E-state index is 13.4. The van der Waals surface area contributed by atoms with Crippen LogP contribution in [0.1, 0.15) is 207 Å². The fourth-order valence-corrected chi connectivity index (χ4v) is 6.49. The molecule has 258 valence electrons. The first-order chi connectivity index (χ1) is 21.5. The lowest BCUT2D eigenvalue weighted by Gasteiger charge is -2.36. The van der Waals surface area contributed by atoms with Crippen molar-refractivity contribution in [1.82, 2.24) is 4.90 Å². The Morgan fingerprint density at radius 2 is 0.705 bits per heavy atom. The number of allylic oxidation sites excluding steroid dienone is 4. The fraction of sp³-hybridized carbons (Fsp3) is 0.854. The van der Waals surface area contributed by atoms with Crippen molar-refractivity contribution in [2.24, 2.45) is 0 Å². The Balaban J connectivity index is 4.04. The molecule has 0 aromatic rings. The Morgan fingerprint density at radius 1 is 0.432 bits per heavy atom. The van der Waals surface area contributed by atoms with Crippen molar-refractivity contribution in [3.63, 3.8) is 0 Å². The molecule has 0 aliphatic carbocycles. The molecule has 3 heteroatoms. The Morgan fingerprint density at radius 3 is 0.977 bits per heavy atom. The highest BCUT2D eigenvalue weighted by molar-refractivity contribution is 6.11. The molecule has 0 saturated carbocycles.